The number of nitrogens with one attached hydrogen (secondary N) is 2. The van der Waals surface area contributed by atoms with Crippen molar-refractivity contribution in [3.63, 3.8) is 0 Å². The van der Waals surface area contributed by atoms with Gasteiger partial charge in [-0.25, -0.2) is 0 Å². The van der Waals surface area contributed by atoms with E-state index in [2.05, 4.69) is 10.6 Å². The summed E-state index contributed by atoms with van der Waals surface area (Å²) in [7, 11) is 0. The molecule has 0 spiro atoms. The fourth-order valence-corrected chi connectivity index (χ4v) is 1.93. The van der Waals surface area contributed by atoms with Crippen LogP contribution in [-0.2, 0) is 9.59 Å². The van der Waals surface area contributed by atoms with E-state index in [-0.39, 0.29) is 23.4 Å². The van der Waals surface area contributed by atoms with Crippen molar-refractivity contribution >= 4 is 11.7 Å². The van der Waals surface area contributed by atoms with Crippen LogP contribution in [-0.4, -0.2) is 29.3 Å². The van der Waals surface area contributed by atoms with Gasteiger partial charge in [-0.05, 0) is 47.0 Å². The van der Waals surface area contributed by atoms with E-state index in [1.165, 1.54) is 12.8 Å². The molecule has 104 valence electrons. The minimum atomic E-state index is -0.465. The quantitative estimate of drug-likeness (QED) is 0.708. The highest BCUT2D eigenvalue weighted by Gasteiger charge is 2.34. The molecule has 1 rings (SSSR count). The topological polar surface area (TPSA) is 58.2 Å². The molecule has 0 bridgehead atoms. The van der Waals surface area contributed by atoms with Crippen LogP contribution in [0, 0.1) is 5.92 Å². The first-order valence-corrected chi connectivity index (χ1v) is 6.81. The molecule has 18 heavy (non-hydrogen) atoms. The first-order valence-electron chi connectivity index (χ1n) is 6.81. The number of amides is 1. The van der Waals surface area contributed by atoms with Gasteiger partial charge in [-0.15, -0.1) is 0 Å². The number of hydrogen-bond donors (Lipinski definition) is 2. The highest BCUT2D eigenvalue weighted by Crippen LogP contribution is 2.34. The fraction of sp³-hybridized carbons (Fsp3) is 0.857. The average Bonchev–Trinajstić information content (AvgIpc) is 2.96. The van der Waals surface area contributed by atoms with Gasteiger partial charge in [-0.2, -0.15) is 0 Å². The van der Waals surface area contributed by atoms with Crippen molar-refractivity contribution in [2.24, 2.45) is 5.92 Å². The van der Waals surface area contributed by atoms with E-state index in [1.54, 1.807) is 0 Å². The Kier molecular flexibility index (Phi) is 4.91. The van der Waals surface area contributed by atoms with Crippen molar-refractivity contribution in [3.8, 4) is 0 Å². The van der Waals surface area contributed by atoms with E-state index >= 15 is 0 Å². The lowest BCUT2D eigenvalue weighted by Crippen LogP contribution is -2.52. The van der Waals surface area contributed by atoms with Crippen LogP contribution in [0.2, 0.25) is 0 Å². The lowest BCUT2D eigenvalue weighted by atomic mass is 10.00. The Morgan fingerprint density at radius 3 is 2.17 bits per heavy atom. The van der Waals surface area contributed by atoms with Crippen LogP contribution in [0.3, 0.4) is 0 Å². The fourth-order valence-electron chi connectivity index (χ4n) is 1.93. The number of carbonyl (C=O) groups is 2. The predicted octanol–water partition coefficient (Wildman–Crippen LogP) is 1.64. The number of ketones is 1. The van der Waals surface area contributed by atoms with Gasteiger partial charge in [0.2, 0.25) is 5.78 Å². The summed E-state index contributed by atoms with van der Waals surface area (Å²) in [6.07, 6.45) is 3.14. The van der Waals surface area contributed by atoms with E-state index in [1.807, 2.05) is 34.6 Å². The van der Waals surface area contributed by atoms with Gasteiger partial charge in [0.05, 0.1) is 6.04 Å². The second-order valence-corrected chi connectivity index (χ2v) is 6.62. The summed E-state index contributed by atoms with van der Waals surface area (Å²) in [6, 6.07) is -0.353. The van der Waals surface area contributed by atoms with Crippen LogP contribution in [0.25, 0.3) is 0 Å². The first kappa shape index (κ1) is 15.2. The zero-order chi connectivity index (χ0) is 13.9. The molecular formula is C14H26N2O2. The molecule has 0 heterocycles. The van der Waals surface area contributed by atoms with Gasteiger partial charge in [0.15, 0.2) is 0 Å². The standard InChI is InChI=1S/C14H26N2O2/c1-9(2)15-13(18)12(17)11(8-10-6-7-10)16-14(3,4)5/h9-11,16H,6-8H2,1-5H3,(H,15,18)/t11-/m0/s1. The minimum absolute atomic E-state index is 0.00217. The van der Waals surface area contributed by atoms with E-state index in [9.17, 15) is 9.59 Å². The monoisotopic (exact) mass is 254 g/mol. The predicted molar refractivity (Wildman–Crippen MR) is 72.3 cm³/mol. The molecule has 0 aromatic rings. The third kappa shape index (κ3) is 5.63. The SMILES string of the molecule is CC(C)NC(=O)C(=O)[C@H](CC1CC1)NC(C)(C)C. The Morgan fingerprint density at radius 1 is 1.22 bits per heavy atom. The van der Waals surface area contributed by atoms with Crippen molar-refractivity contribution in [2.75, 3.05) is 0 Å². The van der Waals surface area contributed by atoms with Gasteiger partial charge in [-0.1, -0.05) is 12.8 Å². The molecular weight excluding hydrogens is 228 g/mol. The largest absolute Gasteiger partial charge is 0.347 e. The van der Waals surface area contributed by atoms with E-state index in [0.717, 1.165) is 6.42 Å². The van der Waals surface area contributed by atoms with Crippen LogP contribution >= 0.6 is 0 Å². The van der Waals surface area contributed by atoms with Gasteiger partial charge in [-0.3, -0.25) is 9.59 Å². The molecule has 0 unspecified atom stereocenters. The van der Waals surface area contributed by atoms with Crippen LogP contribution in [0.4, 0.5) is 0 Å². The van der Waals surface area contributed by atoms with Gasteiger partial charge in [0.25, 0.3) is 5.91 Å². The molecule has 2 N–H and O–H groups in total. The minimum Gasteiger partial charge on any atom is -0.347 e. The normalized spacial score (nSPS) is 17.7. The highest BCUT2D eigenvalue weighted by molar-refractivity contribution is 6.38. The summed E-state index contributed by atoms with van der Waals surface area (Å²) in [5.41, 5.74) is -0.159. The Bertz CT molecular complexity index is 314. The van der Waals surface area contributed by atoms with Gasteiger partial charge in [0, 0.05) is 11.6 Å². The van der Waals surface area contributed by atoms with Gasteiger partial charge < -0.3 is 10.6 Å². The van der Waals surface area contributed by atoms with E-state index in [0.29, 0.717) is 5.92 Å². The lowest BCUT2D eigenvalue weighted by molar-refractivity contribution is -0.139. The Labute approximate surface area is 110 Å². The molecule has 1 saturated carbocycles. The maximum atomic E-state index is 12.1. The second kappa shape index (κ2) is 5.83. The van der Waals surface area contributed by atoms with Crippen molar-refractivity contribution in [2.45, 2.75) is 71.5 Å². The lowest BCUT2D eigenvalue weighted by Gasteiger charge is -2.27. The maximum absolute atomic E-state index is 12.1. The summed E-state index contributed by atoms with van der Waals surface area (Å²) < 4.78 is 0. The molecule has 1 aliphatic carbocycles. The molecule has 0 saturated heterocycles. The zero-order valence-electron chi connectivity index (χ0n) is 12.2. The molecule has 4 nitrogen and oxygen atoms in total. The van der Waals surface area contributed by atoms with Gasteiger partial charge >= 0.3 is 0 Å². The molecule has 1 fully saturated rings. The number of carbonyl (C=O) groups excluding carboxylic acids is 2. The summed E-state index contributed by atoms with van der Waals surface area (Å²) in [6.45, 7) is 9.76. The third-order valence-corrected chi connectivity index (χ3v) is 2.83. The van der Waals surface area contributed by atoms with E-state index in [4.69, 9.17) is 0 Å². The number of rotatable bonds is 6. The molecule has 0 radical (unpaired) electrons. The summed E-state index contributed by atoms with van der Waals surface area (Å²) in [4.78, 5) is 23.9. The molecule has 1 atom stereocenters. The van der Waals surface area contributed by atoms with Crippen molar-refractivity contribution in [1.29, 1.82) is 0 Å². The Balaban J connectivity index is 2.62. The second-order valence-electron chi connectivity index (χ2n) is 6.62. The van der Waals surface area contributed by atoms with Crippen LogP contribution in [0.15, 0.2) is 0 Å². The van der Waals surface area contributed by atoms with Gasteiger partial charge in [0.1, 0.15) is 0 Å². The van der Waals surface area contributed by atoms with Crippen LogP contribution < -0.4 is 10.6 Å². The molecule has 0 aromatic carbocycles. The molecule has 0 aromatic heterocycles. The smallest absolute Gasteiger partial charge is 0.289 e. The number of hydrogen-bond acceptors (Lipinski definition) is 3. The number of Topliss-reactive ketones (excluding diaryl/α,β-unsaturated/α-hetero) is 1. The Morgan fingerprint density at radius 2 is 1.78 bits per heavy atom. The first-order chi connectivity index (χ1) is 8.19. The molecule has 4 heteroatoms. The maximum Gasteiger partial charge on any atom is 0.289 e. The van der Waals surface area contributed by atoms with Crippen molar-refractivity contribution in [1.82, 2.24) is 10.6 Å². The molecule has 0 aliphatic heterocycles. The van der Waals surface area contributed by atoms with Crippen molar-refractivity contribution < 1.29 is 9.59 Å². The van der Waals surface area contributed by atoms with Crippen molar-refractivity contribution in [3.05, 3.63) is 0 Å². The Hall–Kier alpha value is -0.900. The van der Waals surface area contributed by atoms with Crippen LogP contribution in [0.5, 0.6) is 0 Å². The van der Waals surface area contributed by atoms with E-state index < -0.39 is 5.91 Å². The zero-order valence-corrected chi connectivity index (χ0v) is 12.2. The van der Waals surface area contributed by atoms with Crippen LogP contribution in [0.1, 0.15) is 53.9 Å². The summed E-state index contributed by atoms with van der Waals surface area (Å²) >= 11 is 0. The summed E-state index contributed by atoms with van der Waals surface area (Å²) in [5, 5.41) is 5.95. The molecule has 1 amide bonds. The summed E-state index contributed by atoms with van der Waals surface area (Å²) in [5.74, 6) is -0.182. The molecule has 1 aliphatic rings. The highest BCUT2D eigenvalue weighted by atomic mass is 16.2. The average molecular weight is 254 g/mol. The third-order valence-electron chi connectivity index (χ3n) is 2.83.